The second-order valence-electron chi connectivity index (χ2n) is 3.74. The van der Waals surface area contributed by atoms with Gasteiger partial charge >= 0.3 is 0 Å². The Hall–Kier alpha value is -0.470. The van der Waals surface area contributed by atoms with E-state index in [9.17, 15) is 4.79 Å². The molecule has 80 valence electrons. The van der Waals surface area contributed by atoms with Gasteiger partial charge in [0.25, 0.3) is 0 Å². The summed E-state index contributed by atoms with van der Waals surface area (Å²) in [7, 11) is 0. The number of benzene rings is 1. The van der Waals surface area contributed by atoms with Crippen molar-refractivity contribution < 1.29 is 4.79 Å². The lowest BCUT2D eigenvalue weighted by Gasteiger charge is -2.08. The van der Waals surface area contributed by atoms with Crippen LogP contribution in [0, 0.1) is 0 Å². The zero-order valence-electron chi connectivity index (χ0n) is 8.41. The van der Waals surface area contributed by atoms with Gasteiger partial charge in [-0.15, -0.1) is 0 Å². The van der Waals surface area contributed by atoms with E-state index in [2.05, 4.69) is 0 Å². The molecule has 1 aliphatic rings. The Morgan fingerprint density at radius 1 is 1.47 bits per heavy atom. The summed E-state index contributed by atoms with van der Waals surface area (Å²) in [5.41, 5.74) is 0.955. The van der Waals surface area contributed by atoms with Crippen LogP contribution in [0.4, 0.5) is 0 Å². The Morgan fingerprint density at radius 2 is 2.27 bits per heavy atom. The van der Waals surface area contributed by atoms with Gasteiger partial charge in [-0.05, 0) is 30.2 Å². The highest BCUT2D eigenvalue weighted by Gasteiger charge is 2.23. The van der Waals surface area contributed by atoms with E-state index in [-0.39, 0.29) is 5.25 Å². The van der Waals surface area contributed by atoms with Crippen LogP contribution in [0.5, 0.6) is 0 Å². The minimum absolute atomic E-state index is 0.210. The third kappa shape index (κ3) is 2.76. The van der Waals surface area contributed by atoms with E-state index in [4.69, 9.17) is 11.6 Å². The van der Waals surface area contributed by atoms with Crippen LogP contribution in [0.1, 0.15) is 18.4 Å². The first-order valence-electron chi connectivity index (χ1n) is 5.15. The van der Waals surface area contributed by atoms with Crippen molar-refractivity contribution in [1.82, 2.24) is 0 Å². The standard InChI is InChI=1S/C12H13ClOS/c13-10-5-2-1-4-9(10)8-11(14)12-6-3-7-15-12/h1-2,4-5,12H,3,6-8H2/t12-/m0/s1. The number of carbonyl (C=O) groups is 1. The van der Waals surface area contributed by atoms with Gasteiger partial charge in [-0.2, -0.15) is 11.8 Å². The Kier molecular flexibility index (Phi) is 3.71. The molecular formula is C12H13ClOS. The number of halogens is 1. The van der Waals surface area contributed by atoms with E-state index in [1.165, 1.54) is 6.42 Å². The first-order valence-corrected chi connectivity index (χ1v) is 6.58. The topological polar surface area (TPSA) is 17.1 Å². The molecule has 1 aromatic rings. The predicted octanol–water partition coefficient (Wildman–Crippen LogP) is 3.35. The Labute approximate surface area is 99.2 Å². The second kappa shape index (κ2) is 5.04. The summed E-state index contributed by atoms with van der Waals surface area (Å²) >= 11 is 7.80. The monoisotopic (exact) mass is 240 g/mol. The predicted molar refractivity (Wildman–Crippen MR) is 65.6 cm³/mol. The average Bonchev–Trinajstić information content (AvgIpc) is 2.74. The van der Waals surface area contributed by atoms with Crippen molar-refractivity contribution in [3.63, 3.8) is 0 Å². The van der Waals surface area contributed by atoms with Crippen LogP contribution >= 0.6 is 23.4 Å². The first-order chi connectivity index (χ1) is 7.27. The maximum atomic E-state index is 11.9. The van der Waals surface area contributed by atoms with Crippen molar-refractivity contribution >= 4 is 29.1 Å². The quantitative estimate of drug-likeness (QED) is 0.806. The van der Waals surface area contributed by atoms with Crippen LogP contribution in [0.25, 0.3) is 0 Å². The molecule has 0 N–H and O–H groups in total. The van der Waals surface area contributed by atoms with Crippen molar-refractivity contribution in [3.05, 3.63) is 34.9 Å². The van der Waals surface area contributed by atoms with Crippen LogP contribution in [0.15, 0.2) is 24.3 Å². The van der Waals surface area contributed by atoms with Gasteiger partial charge in [-0.25, -0.2) is 0 Å². The van der Waals surface area contributed by atoms with Crippen molar-refractivity contribution in [2.45, 2.75) is 24.5 Å². The maximum Gasteiger partial charge on any atom is 0.150 e. The summed E-state index contributed by atoms with van der Waals surface area (Å²) in [6, 6.07) is 7.59. The largest absolute Gasteiger partial charge is 0.298 e. The summed E-state index contributed by atoms with van der Waals surface area (Å²) in [4.78, 5) is 11.9. The van der Waals surface area contributed by atoms with Gasteiger partial charge in [0, 0.05) is 11.4 Å². The molecule has 0 radical (unpaired) electrons. The van der Waals surface area contributed by atoms with E-state index >= 15 is 0 Å². The normalized spacial score (nSPS) is 20.5. The van der Waals surface area contributed by atoms with E-state index in [1.54, 1.807) is 11.8 Å². The minimum atomic E-state index is 0.210. The van der Waals surface area contributed by atoms with E-state index in [0.29, 0.717) is 17.2 Å². The fourth-order valence-corrected chi connectivity index (χ4v) is 3.20. The zero-order chi connectivity index (χ0) is 10.7. The lowest BCUT2D eigenvalue weighted by atomic mass is 10.0. The molecule has 2 rings (SSSR count). The van der Waals surface area contributed by atoms with E-state index < -0.39 is 0 Å². The Balaban J connectivity index is 2.02. The number of hydrogen-bond donors (Lipinski definition) is 0. The first kappa shape index (κ1) is 11.0. The molecule has 1 fully saturated rings. The third-order valence-corrected chi connectivity index (χ3v) is 4.41. The molecule has 1 aliphatic heterocycles. The highest BCUT2D eigenvalue weighted by Crippen LogP contribution is 2.28. The SMILES string of the molecule is O=C(Cc1ccccc1Cl)[C@@H]1CCCS1. The summed E-state index contributed by atoms with van der Waals surface area (Å²) in [5, 5.41) is 0.912. The second-order valence-corrected chi connectivity index (χ2v) is 5.45. The number of carbonyl (C=O) groups excluding carboxylic acids is 1. The van der Waals surface area contributed by atoms with Crippen molar-refractivity contribution in [3.8, 4) is 0 Å². The number of Topliss-reactive ketones (excluding diaryl/α,β-unsaturated/α-hetero) is 1. The van der Waals surface area contributed by atoms with Gasteiger partial charge < -0.3 is 0 Å². The smallest absolute Gasteiger partial charge is 0.150 e. The molecule has 1 heterocycles. The molecule has 0 aromatic heterocycles. The lowest BCUT2D eigenvalue weighted by Crippen LogP contribution is -2.16. The van der Waals surface area contributed by atoms with Crippen LogP contribution in [-0.4, -0.2) is 16.8 Å². The highest BCUT2D eigenvalue weighted by molar-refractivity contribution is 8.00. The molecule has 1 aromatic carbocycles. The molecule has 0 spiro atoms. The summed E-state index contributed by atoms with van der Waals surface area (Å²) < 4.78 is 0. The van der Waals surface area contributed by atoms with Crippen LogP contribution in [-0.2, 0) is 11.2 Å². The number of hydrogen-bond acceptors (Lipinski definition) is 2. The Bertz CT molecular complexity index is 358. The fourth-order valence-electron chi connectivity index (χ4n) is 1.77. The molecule has 3 heteroatoms. The van der Waals surface area contributed by atoms with Gasteiger partial charge in [-0.3, -0.25) is 4.79 Å². The molecule has 0 aliphatic carbocycles. The fraction of sp³-hybridized carbons (Fsp3) is 0.417. The number of rotatable bonds is 3. The van der Waals surface area contributed by atoms with Crippen LogP contribution < -0.4 is 0 Å². The average molecular weight is 241 g/mol. The van der Waals surface area contributed by atoms with Crippen LogP contribution in [0.2, 0.25) is 5.02 Å². The molecule has 0 amide bonds. The molecule has 15 heavy (non-hydrogen) atoms. The van der Waals surface area contributed by atoms with Crippen molar-refractivity contribution in [2.24, 2.45) is 0 Å². The molecule has 0 saturated carbocycles. The van der Waals surface area contributed by atoms with Gasteiger partial charge in [0.2, 0.25) is 0 Å². The highest BCUT2D eigenvalue weighted by atomic mass is 35.5. The number of thioether (sulfide) groups is 1. The van der Waals surface area contributed by atoms with Gasteiger partial charge in [-0.1, -0.05) is 29.8 Å². The molecule has 1 atom stereocenters. The molecular weight excluding hydrogens is 228 g/mol. The van der Waals surface area contributed by atoms with Gasteiger partial charge in [0.1, 0.15) is 5.78 Å². The molecule has 1 saturated heterocycles. The van der Waals surface area contributed by atoms with Crippen LogP contribution in [0.3, 0.4) is 0 Å². The minimum Gasteiger partial charge on any atom is -0.298 e. The maximum absolute atomic E-state index is 11.9. The third-order valence-electron chi connectivity index (χ3n) is 2.61. The summed E-state index contributed by atoms with van der Waals surface area (Å²) in [6.07, 6.45) is 2.69. The van der Waals surface area contributed by atoms with E-state index in [1.807, 2.05) is 24.3 Å². The lowest BCUT2D eigenvalue weighted by molar-refractivity contribution is -0.117. The zero-order valence-corrected chi connectivity index (χ0v) is 9.98. The van der Waals surface area contributed by atoms with Crippen molar-refractivity contribution in [2.75, 3.05) is 5.75 Å². The summed E-state index contributed by atoms with van der Waals surface area (Å²) in [5.74, 6) is 1.45. The molecule has 1 nitrogen and oxygen atoms in total. The Morgan fingerprint density at radius 3 is 2.93 bits per heavy atom. The van der Waals surface area contributed by atoms with Crippen molar-refractivity contribution in [1.29, 1.82) is 0 Å². The van der Waals surface area contributed by atoms with E-state index in [0.717, 1.165) is 17.7 Å². The van der Waals surface area contributed by atoms with Gasteiger partial charge in [0.15, 0.2) is 0 Å². The summed E-state index contributed by atoms with van der Waals surface area (Å²) in [6.45, 7) is 0. The molecule has 0 unspecified atom stereocenters. The molecule has 0 bridgehead atoms. The van der Waals surface area contributed by atoms with Gasteiger partial charge in [0.05, 0.1) is 5.25 Å². The number of ketones is 1.